The van der Waals surface area contributed by atoms with Crippen LogP contribution < -0.4 is 15.5 Å². The number of nitrogens with one attached hydrogen (secondary N) is 2. The molecule has 0 aromatic heterocycles. The van der Waals surface area contributed by atoms with Gasteiger partial charge < -0.3 is 15.1 Å². The molecule has 0 atom stereocenters. The normalized spacial score (nSPS) is 13.5. The number of nitro groups is 1. The van der Waals surface area contributed by atoms with E-state index in [2.05, 4.69) is 15.5 Å². The zero-order valence-electron chi connectivity index (χ0n) is 16.3. The number of carbonyl (C=O) groups is 2. The van der Waals surface area contributed by atoms with E-state index in [9.17, 15) is 19.7 Å². The lowest BCUT2D eigenvalue weighted by molar-refractivity contribution is -0.384. The summed E-state index contributed by atoms with van der Waals surface area (Å²) in [6.45, 7) is 4.54. The van der Waals surface area contributed by atoms with Crippen molar-refractivity contribution in [3.63, 3.8) is 0 Å². The van der Waals surface area contributed by atoms with E-state index in [1.807, 2.05) is 29.2 Å². The third kappa shape index (κ3) is 5.29. The molecule has 1 heterocycles. The number of amides is 2. The maximum atomic E-state index is 12.2. The van der Waals surface area contributed by atoms with Gasteiger partial charge in [-0.05, 0) is 48.6 Å². The van der Waals surface area contributed by atoms with Crippen LogP contribution in [0.25, 0.3) is 0 Å². The highest BCUT2D eigenvalue weighted by atomic mass is 32.1. The molecule has 2 aromatic rings. The number of carbonyl (C=O) groups excluding carboxylic acids is 2. The summed E-state index contributed by atoms with van der Waals surface area (Å²) >= 11 is 5.18. The summed E-state index contributed by atoms with van der Waals surface area (Å²) < 4.78 is 0. The zero-order valence-corrected chi connectivity index (χ0v) is 17.1. The molecular formula is C20H21N5O4S. The minimum atomic E-state index is -0.527. The quantitative estimate of drug-likeness (QED) is 0.438. The number of non-ortho nitro benzene ring substituents is 1. The molecule has 156 valence electrons. The van der Waals surface area contributed by atoms with E-state index in [1.54, 1.807) is 6.92 Å². The van der Waals surface area contributed by atoms with E-state index in [0.717, 1.165) is 24.5 Å². The first kappa shape index (κ1) is 21.2. The molecule has 9 nitrogen and oxygen atoms in total. The minimum absolute atomic E-state index is 0.0879. The number of nitro benzene ring substituents is 1. The molecule has 2 aromatic carbocycles. The molecule has 0 saturated carbocycles. The molecule has 1 saturated heterocycles. The fourth-order valence-electron chi connectivity index (χ4n) is 3.11. The predicted octanol–water partition coefficient (Wildman–Crippen LogP) is 2.39. The summed E-state index contributed by atoms with van der Waals surface area (Å²) in [5.74, 6) is -0.360. The Morgan fingerprint density at radius 3 is 2.13 bits per heavy atom. The van der Waals surface area contributed by atoms with Crippen LogP contribution in [0.1, 0.15) is 17.3 Å². The minimum Gasteiger partial charge on any atom is -0.368 e. The number of anilines is 2. The topological polar surface area (TPSA) is 108 Å². The summed E-state index contributed by atoms with van der Waals surface area (Å²) in [5.41, 5.74) is 1.94. The average Bonchev–Trinajstić information content (AvgIpc) is 2.74. The zero-order chi connectivity index (χ0) is 21.7. The maximum Gasteiger partial charge on any atom is 0.269 e. The van der Waals surface area contributed by atoms with Gasteiger partial charge in [-0.1, -0.05) is 0 Å². The van der Waals surface area contributed by atoms with Gasteiger partial charge in [0.1, 0.15) is 0 Å². The molecule has 0 spiro atoms. The van der Waals surface area contributed by atoms with E-state index in [4.69, 9.17) is 12.2 Å². The standard InChI is InChI=1S/C20H21N5O4S/c1-14(26)23-10-12-24(13-11-23)17-8-4-16(5-9-17)21-20(30)22-19(27)15-2-6-18(7-3-15)25(28)29/h2-9H,10-13H2,1H3,(H2,21,22,27,30). The third-order valence-electron chi connectivity index (χ3n) is 4.78. The molecule has 1 fully saturated rings. The lowest BCUT2D eigenvalue weighted by atomic mass is 10.2. The number of thiocarbonyl (C=S) groups is 1. The molecule has 0 aliphatic carbocycles. The average molecular weight is 427 g/mol. The molecule has 0 unspecified atom stereocenters. The molecule has 1 aliphatic heterocycles. The molecule has 3 rings (SSSR count). The fraction of sp³-hybridized carbons (Fsp3) is 0.250. The van der Waals surface area contributed by atoms with Gasteiger partial charge in [0.25, 0.3) is 11.6 Å². The van der Waals surface area contributed by atoms with Crippen LogP contribution in [0.3, 0.4) is 0 Å². The van der Waals surface area contributed by atoms with Crippen molar-refractivity contribution >= 4 is 46.2 Å². The number of hydrogen-bond donors (Lipinski definition) is 2. The van der Waals surface area contributed by atoms with Crippen molar-refractivity contribution in [3.05, 3.63) is 64.2 Å². The van der Waals surface area contributed by atoms with Crippen LogP contribution in [0.5, 0.6) is 0 Å². The number of piperazine rings is 1. The smallest absolute Gasteiger partial charge is 0.269 e. The van der Waals surface area contributed by atoms with Gasteiger partial charge >= 0.3 is 0 Å². The van der Waals surface area contributed by atoms with Crippen molar-refractivity contribution in [2.45, 2.75) is 6.92 Å². The summed E-state index contributed by atoms with van der Waals surface area (Å²) in [7, 11) is 0. The second kappa shape index (κ2) is 9.31. The highest BCUT2D eigenvalue weighted by Crippen LogP contribution is 2.19. The van der Waals surface area contributed by atoms with Crippen LogP contribution >= 0.6 is 12.2 Å². The number of benzene rings is 2. The molecule has 1 aliphatic rings. The van der Waals surface area contributed by atoms with Gasteiger partial charge in [0.2, 0.25) is 5.91 Å². The Labute approximate surface area is 178 Å². The van der Waals surface area contributed by atoms with Crippen LogP contribution in [0, 0.1) is 10.1 Å². The summed E-state index contributed by atoms with van der Waals surface area (Å²) in [4.78, 5) is 37.8. The number of hydrogen-bond acceptors (Lipinski definition) is 6. The predicted molar refractivity (Wildman–Crippen MR) is 118 cm³/mol. The van der Waals surface area contributed by atoms with Crippen LogP contribution in [-0.2, 0) is 4.79 Å². The van der Waals surface area contributed by atoms with Gasteiger partial charge in [0, 0.05) is 62.2 Å². The molecule has 2 N–H and O–H groups in total. The van der Waals surface area contributed by atoms with Crippen molar-refractivity contribution < 1.29 is 14.5 Å². The highest BCUT2D eigenvalue weighted by molar-refractivity contribution is 7.80. The van der Waals surface area contributed by atoms with Gasteiger partial charge in [-0.25, -0.2) is 0 Å². The Bertz CT molecular complexity index is 954. The molecular weight excluding hydrogens is 406 g/mol. The van der Waals surface area contributed by atoms with E-state index in [0.29, 0.717) is 13.1 Å². The summed E-state index contributed by atoms with van der Waals surface area (Å²) in [6.07, 6.45) is 0. The van der Waals surface area contributed by atoms with Crippen molar-refractivity contribution in [2.24, 2.45) is 0 Å². The monoisotopic (exact) mass is 427 g/mol. The second-order valence-electron chi connectivity index (χ2n) is 6.75. The van der Waals surface area contributed by atoms with Gasteiger partial charge in [-0.15, -0.1) is 0 Å². The lowest BCUT2D eigenvalue weighted by Gasteiger charge is -2.35. The van der Waals surface area contributed by atoms with Crippen LogP contribution in [-0.4, -0.2) is 52.9 Å². The Morgan fingerprint density at radius 2 is 1.60 bits per heavy atom. The molecule has 0 bridgehead atoms. The Hall–Kier alpha value is -3.53. The van der Waals surface area contributed by atoms with Crippen molar-refractivity contribution in [3.8, 4) is 0 Å². The molecule has 2 amide bonds. The molecule has 10 heteroatoms. The first-order valence-corrected chi connectivity index (χ1v) is 9.71. The van der Waals surface area contributed by atoms with E-state index in [1.165, 1.54) is 24.3 Å². The van der Waals surface area contributed by atoms with Gasteiger partial charge in [0.15, 0.2) is 5.11 Å². The van der Waals surface area contributed by atoms with E-state index in [-0.39, 0.29) is 22.3 Å². The lowest BCUT2D eigenvalue weighted by Crippen LogP contribution is -2.48. The van der Waals surface area contributed by atoms with Crippen LogP contribution in [0.15, 0.2) is 48.5 Å². The second-order valence-corrected chi connectivity index (χ2v) is 7.16. The van der Waals surface area contributed by atoms with Crippen molar-refractivity contribution in [1.29, 1.82) is 0 Å². The summed E-state index contributed by atoms with van der Waals surface area (Å²) in [6, 6.07) is 12.9. The van der Waals surface area contributed by atoms with E-state index < -0.39 is 10.8 Å². The van der Waals surface area contributed by atoms with Crippen LogP contribution in [0.4, 0.5) is 17.1 Å². The SMILES string of the molecule is CC(=O)N1CCN(c2ccc(NC(=S)NC(=O)c3ccc([N+](=O)[O-])cc3)cc2)CC1. The maximum absolute atomic E-state index is 12.2. The number of rotatable bonds is 4. The third-order valence-corrected chi connectivity index (χ3v) is 4.99. The van der Waals surface area contributed by atoms with Crippen molar-refractivity contribution in [2.75, 3.05) is 36.4 Å². The van der Waals surface area contributed by atoms with Crippen molar-refractivity contribution in [1.82, 2.24) is 10.2 Å². The van der Waals surface area contributed by atoms with Gasteiger partial charge in [-0.2, -0.15) is 0 Å². The summed E-state index contributed by atoms with van der Waals surface area (Å²) in [5, 5.41) is 16.3. The molecule has 30 heavy (non-hydrogen) atoms. The largest absolute Gasteiger partial charge is 0.368 e. The number of nitrogens with zero attached hydrogens (tertiary/aromatic N) is 3. The Balaban J connectivity index is 1.52. The highest BCUT2D eigenvalue weighted by Gasteiger charge is 2.18. The Morgan fingerprint density at radius 1 is 1.00 bits per heavy atom. The first-order chi connectivity index (χ1) is 14.3. The fourth-order valence-corrected chi connectivity index (χ4v) is 3.32. The van der Waals surface area contributed by atoms with E-state index >= 15 is 0 Å². The molecule has 0 radical (unpaired) electrons. The van der Waals surface area contributed by atoms with Gasteiger partial charge in [-0.3, -0.25) is 25.0 Å². The first-order valence-electron chi connectivity index (χ1n) is 9.31. The Kier molecular flexibility index (Phi) is 6.58. The van der Waals surface area contributed by atoms with Crippen LogP contribution in [0.2, 0.25) is 0 Å². The van der Waals surface area contributed by atoms with Gasteiger partial charge in [0.05, 0.1) is 4.92 Å².